The second-order valence-corrected chi connectivity index (χ2v) is 3.23. The van der Waals surface area contributed by atoms with E-state index in [4.69, 9.17) is 0 Å². The van der Waals surface area contributed by atoms with E-state index in [-0.39, 0.29) is 5.91 Å². The first-order chi connectivity index (χ1) is 7.83. The van der Waals surface area contributed by atoms with E-state index in [9.17, 15) is 4.79 Å². The maximum atomic E-state index is 11.4. The van der Waals surface area contributed by atoms with Crippen LogP contribution in [0.2, 0.25) is 0 Å². The molecule has 4 heteroatoms. The second kappa shape index (κ2) is 7.41. The van der Waals surface area contributed by atoms with E-state index in [1.165, 1.54) is 6.33 Å². The molecule has 1 aromatic heterocycles. The number of nitrogens with one attached hydrogen (secondary N) is 1. The summed E-state index contributed by atoms with van der Waals surface area (Å²) in [4.78, 5) is 19.1. The molecular formula is C12H15N3O. The van der Waals surface area contributed by atoms with Crippen molar-refractivity contribution in [3.05, 3.63) is 24.3 Å². The fourth-order valence-electron chi connectivity index (χ4n) is 1.15. The Morgan fingerprint density at radius 2 is 2.12 bits per heavy atom. The van der Waals surface area contributed by atoms with Gasteiger partial charge in [0, 0.05) is 31.8 Å². The number of rotatable bonds is 4. The lowest BCUT2D eigenvalue weighted by Crippen LogP contribution is -2.25. The summed E-state index contributed by atoms with van der Waals surface area (Å²) in [5, 5.41) is 2.79. The molecule has 0 spiro atoms. The number of carbonyl (C=O) groups excluding carboxylic acids is 1. The molecule has 0 aliphatic carbocycles. The molecule has 1 heterocycles. The van der Waals surface area contributed by atoms with Gasteiger partial charge in [-0.25, -0.2) is 9.97 Å². The number of amides is 1. The molecule has 0 bridgehead atoms. The Hall–Kier alpha value is -1.89. The van der Waals surface area contributed by atoms with Gasteiger partial charge in [0.05, 0.1) is 6.42 Å². The average Bonchev–Trinajstić information content (AvgIpc) is 2.30. The van der Waals surface area contributed by atoms with E-state index in [1.54, 1.807) is 12.4 Å². The molecule has 0 aliphatic heterocycles. The van der Waals surface area contributed by atoms with Crippen molar-refractivity contribution in [1.82, 2.24) is 15.3 Å². The quantitative estimate of drug-likeness (QED) is 0.603. The molecule has 0 aromatic carbocycles. The largest absolute Gasteiger partial charge is 0.355 e. The predicted octanol–water partition coefficient (Wildman–Crippen LogP) is 0.939. The van der Waals surface area contributed by atoms with Crippen LogP contribution >= 0.6 is 0 Å². The zero-order chi connectivity index (χ0) is 11.6. The van der Waals surface area contributed by atoms with Gasteiger partial charge in [0.15, 0.2) is 0 Å². The van der Waals surface area contributed by atoms with Gasteiger partial charge < -0.3 is 5.32 Å². The minimum Gasteiger partial charge on any atom is -0.355 e. The summed E-state index contributed by atoms with van der Waals surface area (Å²) in [6.07, 6.45) is 6.61. The van der Waals surface area contributed by atoms with Gasteiger partial charge in [-0.05, 0) is 5.56 Å². The molecule has 1 rings (SSSR count). The lowest BCUT2D eigenvalue weighted by atomic mass is 10.2. The summed E-state index contributed by atoms with van der Waals surface area (Å²) < 4.78 is 0. The lowest BCUT2D eigenvalue weighted by Gasteiger charge is -2.01. The molecule has 0 atom stereocenters. The summed E-state index contributed by atoms with van der Waals surface area (Å²) in [5.41, 5.74) is 0.819. The molecule has 16 heavy (non-hydrogen) atoms. The van der Waals surface area contributed by atoms with Crippen LogP contribution in [0, 0.1) is 11.8 Å². The zero-order valence-corrected chi connectivity index (χ0v) is 9.36. The van der Waals surface area contributed by atoms with Crippen molar-refractivity contribution < 1.29 is 4.79 Å². The van der Waals surface area contributed by atoms with Gasteiger partial charge in [0.2, 0.25) is 5.91 Å². The van der Waals surface area contributed by atoms with Crippen molar-refractivity contribution >= 4 is 5.91 Å². The maximum absolute atomic E-state index is 11.4. The smallest absolute Gasteiger partial charge is 0.224 e. The predicted molar refractivity (Wildman–Crippen MR) is 61.4 cm³/mol. The number of hydrogen-bond acceptors (Lipinski definition) is 3. The highest BCUT2D eigenvalue weighted by Gasteiger charge is 2.01. The summed E-state index contributed by atoms with van der Waals surface area (Å²) >= 11 is 0. The minimum absolute atomic E-state index is 0.0203. The van der Waals surface area contributed by atoms with Crippen LogP contribution in [0.1, 0.15) is 25.3 Å². The number of hydrogen-bond donors (Lipinski definition) is 1. The van der Waals surface area contributed by atoms with Crippen LogP contribution in [0.4, 0.5) is 0 Å². The van der Waals surface area contributed by atoms with Crippen LogP contribution < -0.4 is 5.32 Å². The van der Waals surface area contributed by atoms with E-state index in [0.717, 1.165) is 12.0 Å². The highest BCUT2D eigenvalue weighted by molar-refractivity contribution is 5.78. The van der Waals surface area contributed by atoms with Gasteiger partial charge in [-0.3, -0.25) is 4.79 Å². The van der Waals surface area contributed by atoms with E-state index in [1.807, 2.05) is 6.92 Å². The third-order valence-electron chi connectivity index (χ3n) is 1.85. The molecule has 1 amide bonds. The van der Waals surface area contributed by atoms with Crippen LogP contribution in [0.3, 0.4) is 0 Å². The van der Waals surface area contributed by atoms with Crippen molar-refractivity contribution in [3.63, 3.8) is 0 Å². The molecule has 84 valence electrons. The van der Waals surface area contributed by atoms with Crippen molar-refractivity contribution in [2.45, 2.75) is 26.2 Å². The van der Waals surface area contributed by atoms with Crippen molar-refractivity contribution in [2.75, 3.05) is 6.54 Å². The van der Waals surface area contributed by atoms with Gasteiger partial charge in [0.1, 0.15) is 6.33 Å². The Bertz CT molecular complexity index is 378. The standard InChI is InChI=1S/C12H15N3O/c1-2-3-4-5-6-15-12(16)7-11-8-13-10-14-9-11/h8-10H,2,5-7H2,1H3,(H,15,16). The first-order valence-electron chi connectivity index (χ1n) is 5.29. The monoisotopic (exact) mass is 217 g/mol. The minimum atomic E-state index is -0.0203. The van der Waals surface area contributed by atoms with Crippen LogP contribution in [0.25, 0.3) is 0 Å². The third-order valence-corrected chi connectivity index (χ3v) is 1.85. The lowest BCUT2D eigenvalue weighted by molar-refractivity contribution is -0.120. The van der Waals surface area contributed by atoms with Gasteiger partial charge in [-0.2, -0.15) is 0 Å². The molecule has 4 nitrogen and oxygen atoms in total. The Labute approximate surface area is 95.5 Å². The molecule has 0 radical (unpaired) electrons. The Morgan fingerprint density at radius 3 is 2.81 bits per heavy atom. The van der Waals surface area contributed by atoms with E-state index in [2.05, 4.69) is 27.1 Å². The molecule has 0 unspecified atom stereocenters. The van der Waals surface area contributed by atoms with Crippen molar-refractivity contribution in [3.8, 4) is 11.8 Å². The van der Waals surface area contributed by atoms with Crippen LogP contribution in [0.15, 0.2) is 18.7 Å². The highest BCUT2D eigenvalue weighted by Crippen LogP contribution is 1.93. The Kier molecular flexibility index (Phi) is 5.64. The first-order valence-corrected chi connectivity index (χ1v) is 5.29. The molecule has 1 aromatic rings. The molecule has 0 saturated carbocycles. The topological polar surface area (TPSA) is 54.9 Å². The van der Waals surface area contributed by atoms with Crippen molar-refractivity contribution in [2.24, 2.45) is 0 Å². The summed E-state index contributed by atoms with van der Waals surface area (Å²) in [6, 6.07) is 0. The van der Waals surface area contributed by atoms with Gasteiger partial charge in [0.25, 0.3) is 0 Å². The molecular weight excluding hydrogens is 202 g/mol. The Morgan fingerprint density at radius 1 is 1.38 bits per heavy atom. The number of aromatic nitrogens is 2. The van der Waals surface area contributed by atoms with E-state index >= 15 is 0 Å². The van der Waals surface area contributed by atoms with Crippen LogP contribution in [-0.2, 0) is 11.2 Å². The maximum Gasteiger partial charge on any atom is 0.224 e. The zero-order valence-electron chi connectivity index (χ0n) is 9.36. The number of nitrogens with zero attached hydrogens (tertiary/aromatic N) is 2. The first kappa shape index (κ1) is 12.2. The van der Waals surface area contributed by atoms with E-state index < -0.39 is 0 Å². The molecule has 1 N–H and O–H groups in total. The van der Waals surface area contributed by atoms with Crippen LogP contribution in [0.5, 0.6) is 0 Å². The fourth-order valence-corrected chi connectivity index (χ4v) is 1.15. The Balaban J connectivity index is 2.21. The SMILES string of the molecule is CCC#CCCNC(=O)Cc1cncnc1. The highest BCUT2D eigenvalue weighted by atomic mass is 16.1. The summed E-state index contributed by atoms with van der Waals surface area (Å²) in [7, 11) is 0. The summed E-state index contributed by atoms with van der Waals surface area (Å²) in [5.74, 6) is 5.89. The van der Waals surface area contributed by atoms with Gasteiger partial charge in [-0.15, -0.1) is 11.8 Å². The third kappa shape index (κ3) is 5.11. The van der Waals surface area contributed by atoms with Gasteiger partial charge in [-0.1, -0.05) is 6.92 Å². The summed E-state index contributed by atoms with van der Waals surface area (Å²) in [6.45, 7) is 2.60. The average molecular weight is 217 g/mol. The molecule has 0 aliphatic rings. The van der Waals surface area contributed by atoms with Crippen LogP contribution in [-0.4, -0.2) is 22.4 Å². The second-order valence-electron chi connectivity index (χ2n) is 3.23. The van der Waals surface area contributed by atoms with E-state index in [0.29, 0.717) is 19.4 Å². The molecule has 0 saturated heterocycles. The van der Waals surface area contributed by atoms with Crippen molar-refractivity contribution in [1.29, 1.82) is 0 Å². The van der Waals surface area contributed by atoms with Gasteiger partial charge >= 0.3 is 0 Å². The number of carbonyl (C=O) groups is 1. The molecule has 0 fully saturated rings. The fraction of sp³-hybridized carbons (Fsp3) is 0.417. The normalized spacial score (nSPS) is 9.06.